The number of rotatable bonds is 5. The fourth-order valence-corrected chi connectivity index (χ4v) is 6.17. The van der Waals surface area contributed by atoms with Crippen LogP contribution in [0.2, 0.25) is 0 Å². The molecule has 1 fully saturated rings. The molecule has 1 spiro atoms. The van der Waals surface area contributed by atoms with Crippen LogP contribution >= 0.6 is 11.3 Å². The molecule has 2 aromatic carbocycles. The Labute approximate surface area is 197 Å². The van der Waals surface area contributed by atoms with Gasteiger partial charge in [0.1, 0.15) is 0 Å². The Hall–Kier alpha value is -2.88. The Kier molecular flexibility index (Phi) is 5.43. The van der Waals surface area contributed by atoms with E-state index in [-0.39, 0.29) is 16.3 Å². The highest BCUT2D eigenvalue weighted by Crippen LogP contribution is 2.35. The van der Waals surface area contributed by atoms with Crippen molar-refractivity contribution >= 4 is 38.6 Å². The number of carbonyl (C=O) groups is 1. The summed E-state index contributed by atoms with van der Waals surface area (Å²) in [6.07, 6.45) is 3.37. The van der Waals surface area contributed by atoms with Crippen molar-refractivity contribution in [1.29, 1.82) is 0 Å². The minimum Gasteiger partial charge on any atom is -0.298 e. The molecule has 0 unspecified atom stereocenters. The molecule has 1 amide bonds. The zero-order valence-corrected chi connectivity index (χ0v) is 20.0. The molecule has 0 bridgehead atoms. The first kappa shape index (κ1) is 21.9. The lowest BCUT2D eigenvalue weighted by Gasteiger charge is -2.30. The van der Waals surface area contributed by atoms with Crippen LogP contribution < -0.4 is 5.32 Å². The van der Waals surface area contributed by atoms with Crippen molar-refractivity contribution in [1.82, 2.24) is 9.29 Å². The van der Waals surface area contributed by atoms with E-state index >= 15 is 0 Å². The van der Waals surface area contributed by atoms with Gasteiger partial charge in [-0.3, -0.25) is 15.1 Å². The number of amides is 1. The SMILES string of the molecule is Cc1ccc(C)c(-c2csc(NC(=O)c3ccc(S(=O)(=O)N4CCC5(C=N5)CC4)cc3)n2)c1. The van der Waals surface area contributed by atoms with Crippen LogP contribution in [0.4, 0.5) is 5.13 Å². The summed E-state index contributed by atoms with van der Waals surface area (Å²) in [6, 6.07) is 12.3. The number of nitrogens with one attached hydrogen (secondary N) is 1. The molecule has 33 heavy (non-hydrogen) atoms. The first-order chi connectivity index (χ1) is 15.8. The average Bonchev–Trinajstić information content (AvgIpc) is 3.39. The predicted molar refractivity (Wildman–Crippen MR) is 131 cm³/mol. The molecule has 1 saturated heterocycles. The van der Waals surface area contributed by atoms with E-state index in [1.807, 2.05) is 25.4 Å². The summed E-state index contributed by atoms with van der Waals surface area (Å²) in [5.41, 5.74) is 4.42. The highest BCUT2D eigenvalue weighted by atomic mass is 32.2. The van der Waals surface area contributed by atoms with Crippen molar-refractivity contribution in [3.05, 3.63) is 64.5 Å². The Morgan fingerprint density at radius 1 is 1.09 bits per heavy atom. The third-order valence-corrected chi connectivity index (χ3v) is 8.90. The van der Waals surface area contributed by atoms with Gasteiger partial charge in [-0.05, 0) is 62.6 Å². The van der Waals surface area contributed by atoms with Gasteiger partial charge in [-0.1, -0.05) is 17.7 Å². The van der Waals surface area contributed by atoms with Gasteiger partial charge in [-0.25, -0.2) is 13.4 Å². The number of nitrogens with zero attached hydrogens (tertiary/aromatic N) is 3. The fourth-order valence-electron chi connectivity index (χ4n) is 4.03. The summed E-state index contributed by atoms with van der Waals surface area (Å²) in [7, 11) is -3.58. The molecule has 0 saturated carbocycles. The number of aliphatic imine (C=N–C) groups is 1. The number of hydrogen-bond donors (Lipinski definition) is 1. The van der Waals surface area contributed by atoms with Gasteiger partial charge < -0.3 is 0 Å². The van der Waals surface area contributed by atoms with Crippen LogP contribution in [0.15, 0.2) is 57.7 Å². The van der Waals surface area contributed by atoms with Crippen LogP contribution in [0.5, 0.6) is 0 Å². The Morgan fingerprint density at radius 3 is 2.45 bits per heavy atom. The molecule has 170 valence electrons. The van der Waals surface area contributed by atoms with E-state index in [2.05, 4.69) is 33.5 Å². The number of thiazole rings is 1. The molecule has 2 aliphatic rings. The van der Waals surface area contributed by atoms with Gasteiger partial charge in [0.05, 0.1) is 16.1 Å². The lowest BCUT2D eigenvalue weighted by molar-refractivity contribution is 0.102. The fraction of sp³-hybridized carbons (Fsp3) is 0.292. The number of piperidine rings is 1. The molecule has 2 aliphatic heterocycles. The molecule has 0 atom stereocenters. The monoisotopic (exact) mass is 480 g/mol. The van der Waals surface area contributed by atoms with E-state index in [0.29, 0.717) is 23.8 Å². The molecule has 5 rings (SSSR count). The number of anilines is 1. The third-order valence-electron chi connectivity index (χ3n) is 6.23. The van der Waals surface area contributed by atoms with Gasteiger partial charge in [0.25, 0.3) is 5.91 Å². The lowest BCUT2D eigenvalue weighted by Crippen LogP contribution is -2.42. The quantitative estimate of drug-likeness (QED) is 0.590. The first-order valence-corrected chi connectivity index (χ1v) is 13.1. The highest BCUT2D eigenvalue weighted by molar-refractivity contribution is 7.89. The lowest BCUT2D eigenvalue weighted by atomic mass is 9.97. The zero-order chi connectivity index (χ0) is 23.2. The standard InChI is InChI=1S/C24H24N4O3S2/c1-16-3-4-17(2)20(13-16)21-14-32-23(26-21)27-22(29)18-5-7-19(8-6-18)33(30,31)28-11-9-24(10-12-28)15-25-24/h3-8,13-15H,9-12H2,1-2H3,(H,26,27,29). The Morgan fingerprint density at radius 2 is 1.79 bits per heavy atom. The number of hydrogen-bond acceptors (Lipinski definition) is 6. The van der Waals surface area contributed by atoms with Crippen molar-refractivity contribution in [2.45, 2.75) is 37.1 Å². The summed E-state index contributed by atoms with van der Waals surface area (Å²) in [5, 5.41) is 5.23. The summed E-state index contributed by atoms with van der Waals surface area (Å²) in [6.45, 7) is 4.98. The van der Waals surface area contributed by atoms with E-state index in [4.69, 9.17) is 0 Å². The van der Waals surface area contributed by atoms with Crippen molar-refractivity contribution < 1.29 is 13.2 Å². The first-order valence-electron chi connectivity index (χ1n) is 10.8. The van der Waals surface area contributed by atoms with Crippen molar-refractivity contribution in [3.63, 3.8) is 0 Å². The predicted octanol–water partition coefficient (Wildman–Crippen LogP) is 4.29. The molecule has 9 heteroatoms. The van der Waals surface area contributed by atoms with E-state index in [1.54, 1.807) is 0 Å². The number of carbonyl (C=O) groups excluding carboxylic acids is 1. The molecular weight excluding hydrogens is 456 g/mol. The second-order valence-electron chi connectivity index (χ2n) is 8.60. The smallest absolute Gasteiger partial charge is 0.257 e. The molecule has 3 heterocycles. The maximum absolute atomic E-state index is 13.0. The van der Waals surface area contributed by atoms with Gasteiger partial charge in [0.2, 0.25) is 10.0 Å². The minimum absolute atomic E-state index is 0.0817. The Balaban J connectivity index is 1.26. The van der Waals surface area contributed by atoms with Crippen LogP contribution in [0.1, 0.15) is 34.3 Å². The van der Waals surface area contributed by atoms with Crippen LogP contribution in [-0.4, -0.2) is 48.5 Å². The topological polar surface area (TPSA) is 91.7 Å². The van der Waals surface area contributed by atoms with Gasteiger partial charge in [0.15, 0.2) is 5.13 Å². The Bertz CT molecular complexity index is 1340. The van der Waals surface area contributed by atoms with Crippen LogP contribution in [-0.2, 0) is 10.0 Å². The number of benzene rings is 2. The summed E-state index contributed by atoms with van der Waals surface area (Å²) in [5.74, 6) is -0.327. The molecule has 3 aromatic rings. The van der Waals surface area contributed by atoms with Crippen LogP contribution in [0.25, 0.3) is 11.3 Å². The third kappa shape index (κ3) is 4.36. The van der Waals surface area contributed by atoms with Gasteiger partial charge >= 0.3 is 0 Å². The summed E-state index contributed by atoms with van der Waals surface area (Å²) in [4.78, 5) is 21.7. The molecule has 0 radical (unpaired) electrons. The van der Waals surface area contributed by atoms with E-state index in [0.717, 1.165) is 35.2 Å². The normalized spacial score (nSPS) is 17.3. The van der Waals surface area contributed by atoms with Crippen molar-refractivity contribution in [2.24, 2.45) is 4.99 Å². The molecule has 7 nitrogen and oxygen atoms in total. The van der Waals surface area contributed by atoms with E-state index in [9.17, 15) is 13.2 Å². The number of sulfonamides is 1. The summed E-state index contributed by atoms with van der Waals surface area (Å²) < 4.78 is 27.4. The highest BCUT2D eigenvalue weighted by Gasteiger charge is 2.42. The van der Waals surface area contributed by atoms with E-state index < -0.39 is 10.0 Å². The van der Waals surface area contributed by atoms with Crippen molar-refractivity contribution in [3.8, 4) is 11.3 Å². The molecule has 1 N–H and O–H groups in total. The molecule has 0 aliphatic carbocycles. The zero-order valence-electron chi connectivity index (χ0n) is 18.4. The van der Waals surface area contributed by atoms with E-state index in [1.165, 1.54) is 39.9 Å². The number of aromatic nitrogens is 1. The average molecular weight is 481 g/mol. The van der Waals surface area contributed by atoms with Gasteiger partial charge in [0, 0.05) is 35.8 Å². The van der Waals surface area contributed by atoms with Gasteiger partial charge in [-0.2, -0.15) is 4.31 Å². The van der Waals surface area contributed by atoms with Crippen LogP contribution in [0, 0.1) is 13.8 Å². The maximum atomic E-state index is 13.0. The maximum Gasteiger partial charge on any atom is 0.257 e. The van der Waals surface area contributed by atoms with Crippen molar-refractivity contribution in [2.75, 3.05) is 18.4 Å². The largest absolute Gasteiger partial charge is 0.298 e. The second-order valence-corrected chi connectivity index (χ2v) is 11.4. The summed E-state index contributed by atoms with van der Waals surface area (Å²) >= 11 is 1.36. The van der Waals surface area contributed by atoms with Gasteiger partial charge in [-0.15, -0.1) is 11.3 Å². The minimum atomic E-state index is -3.58. The number of aryl methyl sites for hydroxylation is 2. The van der Waals surface area contributed by atoms with Crippen LogP contribution in [0.3, 0.4) is 0 Å². The molecular formula is C24H24N4O3S2. The molecule has 1 aromatic heterocycles. The second kappa shape index (κ2) is 8.16.